The molecule has 2 fully saturated rings. The van der Waals surface area contributed by atoms with Crippen LogP contribution in [0, 0.1) is 0 Å². The molecule has 3 nitrogen and oxygen atoms in total. The van der Waals surface area contributed by atoms with Crippen LogP contribution in [0.15, 0.2) is 30.3 Å². The van der Waals surface area contributed by atoms with Gasteiger partial charge in [-0.3, -0.25) is 4.90 Å². The van der Waals surface area contributed by atoms with Gasteiger partial charge in [-0.15, -0.1) is 0 Å². The van der Waals surface area contributed by atoms with Crippen LogP contribution in [0.25, 0.3) is 0 Å². The van der Waals surface area contributed by atoms with Gasteiger partial charge in [-0.25, -0.2) is 0 Å². The van der Waals surface area contributed by atoms with Crippen LogP contribution in [0.2, 0.25) is 0 Å². The molecule has 0 bridgehead atoms. The van der Waals surface area contributed by atoms with E-state index < -0.39 is 0 Å². The van der Waals surface area contributed by atoms with Crippen molar-refractivity contribution in [2.24, 2.45) is 0 Å². The highest BCUT2D eigenvalue weighted by molar-refractivity contribution is 5.20. The molecule has 0 radical (unpaired) electrons. The van der Waals surface area contributed by atoms with Gasteiger partial charge in [0, 0.05) is 37.8 Å². The number of likely N-dealkylation sites (N-methyl/N-ethyl adjacent to an activating group) is 1. The van der Waals surface area contributed by atoms with Crippen LogP contribution >= 0.6 is 0 Å². The van der Waals surface area contributed by atoms with Gasteiger partial charge in [-0.1, -0.05) is 36.8 Å². The number of piperidine rings is 1. The lowest BCUT2D eigenvalue weighted by atomic mass is 9.89. The quantitative estimate of drug-likeness (QED) is 0.921. The van der Waals surface area contributed by atoms with E-state index in [1.807, 2.05) is 0 Å². The van der Waals surface area contributed by atoms with E-state index in [0.29, 0.717) is 11.6 Å². The van der Waals surface area contributed by atoms with Gasteiger partial charge in [0.15, 0.2) is 0 Å². The molecule has 116 valence electrons. The summed E-state index contributed by atoms with van der Waals surface area (Å²) in [4.78, 5) is 5.17. The van der Waals surface area contributed by atoms with Crippen LogP contribution in [0.3, 0.4) is 0 Å². The summed E-state index contributed by atoms with van der Waals surface area (Å²) < 4.78 is 0. The summed E-state index contributed by atoms with van der Waals surface area (Å²) in [5.74, 6) is 0. The highest BCUT2D eigenvalue weighted by atomic mass is 15.3. The number of piperazine rings is 1. The molecular weight excluding hydrogens is 258 g/mol. The highest BCUT2D eigenvalue weighted by Crippen LogP contribution is 2.28. The van der Waals surface area contributed by atoms with Crippen molar-refractivity contribution in [2.45, 2.75) is 37.8 Å². The zero-order valence-corrected chi connectivity index (χ0v) is 13.5. The molecule has 0 saturated carbocycles. The van der Waals surface area contributed by atoms with Gasteiger partial charge in [0.25, 0.3) is 0 Å². The third-order valence-corrected chi connectivity index (χ3v) is 5.14. The van der Waals surface area contributed by atoms with E-state index in [-0.39, 0.29) is 0 Å². The Hall–Kier alpha value is -0.900. The normalized spacial score (nSPS) is 32.2. The molecule has 2 heterocycles. The lowest BCUT2D eigenvalue weighted by molar-refractivity contribution is 0.0566. The first-order valence-corrected chi connectivity index (χ1v) is 8.39. The van der Waals surface area contributed by atoms with Crippen LogP contribution < -0.4 is 5.32 Å². The maximum atomic E-state index is 3.77. The Kier molecular flexibility index (Phi) is 4.63. The minimum absolute atomic E-state index is 0.293. The molecule has 2 aliphatic heterocycles. The first kappa shape index (κ1) is 15.0. The predicted molar refractivity (Wildman–Crippen MR) is 88.5 cm³/mol. The number of hydrogen-bond donors (Lipinski definition) is 1. The van der Waals surface area contributed by atoms with Crippen molar-refractivity contribution in [1.29, 1.82) is 0 Å². The summed E-state index contributed by atoms with van der Waals surface area (Å²) in [7, 11) is 2.24. The third-order valence-electron chi connectivity index (χ3n) is 5.14. The molecule has 2 saturated heterocycles. The first-order chi connectivity index (χ1) is 10.2. The van der Waals surface area contributed by atoms with Gasteiger partial charge in [0.05, 0.1) is 0 Å². The van der Waals surface area contributed by atoms with E-state index in [0.717, 1.165) is 6.54 Å². The zero-order valence-electron chi connectivity index (χ0n) is 13.5. The number of rotatable bonds is 3. The van der Waals surface area contributed by atoms with Crippen molar-refractivity contribution < 1.29 is 0 Å². The molecular formula is C18H29N3. The van der Waals surface area contributed by atoms with Crippen molar-refractivity contribution in [2.75, 3.05) is 39.8 Å². The minimum atomic E-state index is 0.293. The van der Waals surface area contributed by atoms with Crippen molar-refractivity contribution >= 4 is 0 Å². The molecule has 1 N–H and O–H groups in total. The molecule has 0 aliphatic carbocycles. The van der Waals surface area contributed by atoms with E-state index in [1.165, 1.54) is 51.0 Å². The van der Waals surface area contributed by atoms with Gasteiger partial charge >= 0.3 is 0 Å². The van der Waals surface area contributed by atoms with E-state index in [4.69, 9.17) is 0 Å². The van der Waals surface area contributed by atoms with Gasteiger partial charge in [-0.2, -0.15) is 0 Å². The van der Waals surface area contributed by atoms with Crippen LogP contribution in [-0.2, 0) is 0 Å². The SMILES string of the molecule is CN1CCN(CC2(C)CCCCN2)C(c2ccccc2)C1. The number of benzene rings is 1. The summed E-state index contributed by atoms with van der Waals surface area (Å²) in [5.41, 5.74) is 1.75. The van der Waals surface area contributed by atoms with Gasteiger partial charge in [-0.05, 0) is 38.9 Å². The van der Waals surface area contributed by atoms with E-state index >= 15 is 0 Å². The van der Waals surface area contributed by atoms with Crippen molar-refractivity contribution in [3.05, 3.63) is 35.9 Å². The molecule has 0 spiro atoms. The Morgan fingerprint density at radius 1 is 1.19 bits per heavy atom. The van der Waals surface area contributed by atoms with Crippen molar-refractivity contribution in [1.82, 2.24) is 15.1 Å². The molecule has 3 heteroatoms. The smallest absolute Gasteiger partial charge is 0.0476 e. The summed E-state index contributed by atoms with van der Waals surface area (Å²) in [6, 6.07) is 11.6. The van der Waals surface area contributed by atoms with E-state index in [1.54, 1.807) is 0 Å². The second kappa shape index (κ2) is 6.47. The fraction of sp³-hybridized carbons (Fsp3) is 0.667. The molecule has 1 aromatic carbocycles. The lowest BCUT2D eigenvalue weighted by Crippen LogP contribution is -2.57. The molecule has 21 heavy (non-hydrogen) atoms. The van der Waals surface area contributed by atoms with Crippen LogP contribution in [-0.4, -0.2) is 55.1 Å². The number of nitrogens with zero attached hydrogens (tertiary/aromatic N) is 2. The largest absolute Gasteiger partial charge is 0.310 e. The standard InChI is InChI=1S/C18H29N3/c1-18(10-6-7-11-19-18)15-21-13-12-20(2)14-17(21)16-8-4-3-5-9-16/h3-5,8-9,17,19H,6-7,10-15H2,1-2H3. The molecule has 2 aliphatic rings. The third kappa shape index (κ3) is 3.65. The first-order valence-electron chi connectivity index (χ1n) is 8.39. The van der Waals surface area contributed by atoms with Gasteiger partial charge in [0.2, 0.25) is 0 Å². The Labute approximate surface area is 129 Å². The molecule has 2 atom stereocenters. The average molecular weight is 287 g/mol. The summed E-state index contributed by atoms with van der Waals surface area (Å²) >= 11 is 0. The number of nitrogens with one attached hydrogen (secondary N) is 1. The molecule has 2 unspecified atom stereocenters. The topological polar surface area (TPSA) is 18.5 Å². The zero-order chi connectivity index (χ0) is 14.7. The predicted octanol–water partition coefficient (Wildman–Crippen LogP) is 2.51. The lowest BCUT2D eigenvalue weighted by Gasteiger charge is -2.46. The molecule has 3 rings (SSSR count). The summed E-state index contributed by atoms with van der Waals surface area (Å²) in [5, 5.41) is 3.77. The highest BCUT2D eigenvalue weighted by Gasteiger charge is 2.34. The maximum Gasteiger partial charge on any atom is 0.0476 e. The average Bonchev–Trinajstić information content (AvgIpc) is 2.50. The van der Waals surface area contributed by atoms with Crippen LogP contribution in [0.4, 0.5) is 0 Å². The maximum absolute atomic E-state index is 3.77. The Balaban J connectivity index is 1.75. The fourth-order valence-corrected chi connectivity index (χ4v) is 3.84. The second-order valence-electron chi connectivity index (χ2n) is 7.10. The Morgan fingerprint density at radius 3 is 2.71 bits per heavy atom. The Bertz CT molecular complexity index is 439. The minimum Gasteiger partial charge on any atom is -0.310 e. The van der Waals surface area contributed by atoms with E-state index in [2.05, 4.69) is 59.4 Å². The molecule has 0 amide bonds. The van der Waals surface area contributed by atoms with Crippen LogP contribution in [0.1, 0.15) is 37.8 Å². The second-order valence-corrected chi connectivity index (χ2v) is 7.10. The van der Waals surface area contributed by atoms with E-state index in [9.17, 15) is 0 Å². The van der Waals surface area contributed by atoms with Crippen LogP contribution in [0.5, 0.6) is 0 Å². The molecule has 1 aromatic rings. The number of hydrogen-bond acceptors (Lipinski definition) is 3. The fourth-order valence-electron chi connectivity index (χ4n) is 3.84. The Morgan fingerprint density at radius 2 is 2.00 bits per heavy atom. The van der Waals surface area contributed by atoms with Gasteiger partial charge < -0.3 is 10.2 Å². The monoisotopic (exact) mass is 287 g/mol. The van der Waals surface area contributed by atoms with Crippen molar-refractivity contribution in [3.8, 4) is 0 Å². The summed E-state index contributed by atoms with van der Waals surface area (Å²) in [6.45, 7) is 8.25. The van der Waals surface area contributed by atoms with Crippen molar-refractivity contribution in [3.63, 3.8) is 0 Å². The van der Waals surface area contributed by atoms with Gasteiger partial charge in [0.1, 0.15) is 0 Å². The molecule has 0 aromatic heterocycles. The summed E-state index contributed by atoms with van der Waals surface area (Å²) in [6.07, 6.45) is 4.01.